The van der Waals surface area contributed by atoms with Gasteiger partial charge in [0.05, 0.1) is 5.92 Å². The molecule has 0 amide bonds. The number of rotatable bonds is 7. The van der Waals surface area contributed by atoms with E-state index in [4.69, 9.17) is 5.11 Å². The summed E-state index contributed by atoms with van der Waals surface area (Å²) < 4.78 is 23.0. The van der Waals surface area contributed by atoms with Gasteiger partial charge in [-0.1, -0.05) is 28.1 Å². The lowest BCUT2D eigenvalue weighted by Crippen LogP contribution is -2.18. The zero-order valence-corrected chi connectivity index (χ0v) is 13.1. The third-order valence-corrected chi connectivity index (χ3v) is 4.37. The highest BCUT2D eigenvalue weighted by atomic mass is 79.9. The van der Waals surface area contributed by atoms with E-state index in [1.54, 1.807) is 0 Å². The highest BCUT2D eigenvalue weighted by Gasteiger charge is 2.18. The summed E-state index contributed by atoms with van der Waals surface area (Å²) in [5.74, 6) is -1.38. The van der Waals surface area contributed by atoms with Crippen LogP contribution in [0.4, 0.5) is 0 Å². The number of carboxylic acid groups (broad SMARTS) is 1. The maximum Gasteiger partial charge on any atom is 0.306 e. The van der Waals surface area contributed by atoms with Gasteiger partial charge in [-0.05, 0) is 37.0 Å². The smallest absolute Gasteiger partial charge is 0.306 e. The van der Waals surface area contributed by atoms with Crippen molar-refractivity contribution >= 4 is 31.7 Å². The first-order chi connectivity index (χ1) is 8.78. The zero-order chi connectivity index (χ0) is 14.5. The Bertz CT molecular complexity index is 522. The van der Waals surface area contributed by atoms with Gasteiger partial charge in [0.15, 0.2) is 0 Å². The molecule has 0 heterocycles. The number of carbonyl (C=O) groups is 1. The van der Waals surface area contributed by atoms with Crippen LogP contribution in [0.5, 0.6) is 0 Å². The predicted octanol–water partition coefficient (Wildman–Crippen LogP) is 2.52. The van der Waals surface area contributed by atoms with Crippen molar-refractivity contribution in [2.45, 2.75) is 19.3 Å². The molecule has 1 aromatic rings. The van der Waals surface area contributed by atoms with Crippen molar-refractivity contribution < 1.29 is 18.3 Å². The van der Waals surface area contributed by atoms with Crippen LogP contribution in [0.1, 0.15) is 18.4 Å². The summed E-state index contributed by atoms with van der Waals surface area (Å²) in [7, 11) is -3.02. The number of benzene rings is 1. The summed E-state index contributed by atoms with van der Waals surface area (Å²) in [5, 5.41) is 9.16. The van der Waals surface area contributed by atoms with Crippen molar-refractivity contribution in [2.24, 2.45) is 5.92 Å². The van der Waals surface area contributed by atoms with E-state index in [9.17, 15) is 13.2 Å². The van der Waals surface area contributed by atoms with Crippen molar-refractivity contribution in [1.82, 2.24) is 0 Å². The van der Waals surface area contributed by atoms with Crippen molar-refractivity contribution in [2.75, 3.05) is 12.0 Å². The molecule has 1 aromatic carbocycles. The van der Waals surface area contributed by atoms with Gasteiger partial charge >= 0.3 is 5.97 Å². The molecule has 0 fully saturated rings. The Morgan fingerprint density at radius 1 is 1.32 bits per heavy atom. The fourth-order valence-corrected chi connectivity index (χ4v) is 2.77. The number of hydrogen-bond donors (Lipinski definition) is 1. The standard InChI is InChI=1S/C13H17BrO4S/c1-19(17,18)8-2-3-11(13(15)16)9-10-4-6-12(14)7-5-10/h4-7,11H,2-3,8-9H2,1H3,(H,15,16). The molecular formula is C13H17BrO4S. The second kappa shape index (κ2) is 7.05. The SMILES string of the molecule is CS(=O)(=O)CCCC(Cc1ccc(Br)cc1)C(=O)O. The summed E-state index contributed by atoms with van der Waals surface area (Å²) in [6.07, 6.45) is 2.34. The van der Waals surface area contributed by atoms with E-state index in [2.05, 4.69) is 15.9 Å². The first-order valence-corrected chi connectivity index (χ1v) is 8.78. The van der Waals surface area contributed by atoms with Crippen LogP contribution in [0, 0.1) is 5.92 Å². The topological polar surface area (TPSA) is 71.4 Å². The van der Waals surface area contributed by atoms with Crippen molar-refractivity contribution in [3.05, 3.63) is 34.3 Å². The molecule has 1 rings (SSSR count). The van der Waals surface area contributed by atoms with E-state index in [1.807, 2.05) is 24.3 Å². The lowest BCUT2D eigenvalue weighted by molar-refractivity contribution is -0.141. The van der Waals surface area contributed by atoms with E-state index >= 15 is 0 Å². The fraction of sp³-hybridized carbons (Fsp3) is 0.462. The van der Waals surface area contributed by atoms with Crippen LogP contribution < -0.4 is 0 Å². The minimum absolute atomic E-state index is 0.0388. The largest absolute Gasteiger partial charge is 0.481 e. The minimum atomic E-state index is -3.02. The third-order valence-electron chi connectivity index (χ3n) is 2.81. The van der Waals surface area contributed by atoms with E-state index in [-0.39, 0.29) is 5.75 Å². The second-order valence-corrected chi connectivity index (χ2v) is 7.81. The quantitative estimate of drug-likeness (QED) is 0.821. The Morgan fingerprint density at radius 3 is 2.37 bits per heavy atom. The lowest BCUT2D eigenvalue weighted by Gasteiger charge is -2.12. The minimum Gasteiger partial charge on any atom is -0.481 e. The van der Waals surface area contributed by atoms with Gasteiger partial charge in [-0.15, -0.1) is 0 Å². The molecule has 0 bridgehead atoms. The average molecular weight is 349 g/mol. The van der Waals surface area contributed by atoms with E-state index in [0.717, 1.165) is 16.3 Å². The summed E-state index contributed by atoms with van der Waals surface area (Å²) in [6.45, 7) is 0. The highest BCUT2D eigenvalue weighted by molar-refractivity contribution is 9.10. The van der Waals surface area contributed by atoms with Gasteiger partial charge in [-0.2, -0.15) is 0 Å². The Hall–Kier alpha value is -0.880. The fourth-order valence-electron chi connectivity index (χ4n) is 1.81. The molecule has 1 unspecified atom stereocenters. The first-order valence-electron chi connectivity index (χ1n) is 5.93. The maximum absolute atomic E-state index is 11.2. The van der Waals surface area contributed by atoms with Gasteiger partial charge in [-0.3, -0.25) is 4.79 Å². The molecule has 4 nitrogen and oxygen atoms in total. The Balaban J connectivity index is 2.58. The molecule has 0 spiro atoms. The summed E-state index contributed by atoms with van der Waals surface area (Å²) in [6, 6.07) is 7.47. The molecule has 0 saturated carbocycles. The summed E-state index contributed by atoms with van der Waals surface area (Å²) in [4.78, 5) is 11.2. The van der Waals surface area contributed by atoms with Crippen LogP contribution in [0.15, 0.2) is 28.7 Å². The van der Waals surface area contributed by atoms with Gasteiger partial charge < -0.3 is 5.11 Å². The number of halogens is 1. The monoisotopic (exact) mass is 348 g/mol. The maximum atomic E-state index is 11.2. The van der Waals surface area contributed by atoms with Crippen LogP contribution in [0.25, 0.3) is 0 Å². The van der Waals surface area contributed by atoms with Gasteiger partial charge in [0.1, 0.15) is 9.84 Å². The molecular weight excluding hydrogens is 332 g/mol. The average Bonchev–Trinajstić information content (AvgIpc) is 2.28. The van der Waals surface area contributed by atoms with Gasteiger partial charge in [-0.25, -0.2) is 8.42 Å². The molecule has 1 N–H and O–H groups in total. The molecule has 0 aliphatic heterocycles. The molecule has 0 saturated heterocycles. The second-order valence-electron chi connectivity index (χ2n) is 4.64. The molecule has 0 aromatic heterocycles. The molecule has 0 aliphatic carbocycles. The molecule has 1 atom stereocenters. The Morgan fingerprint density at radius 2 is 1.89 bits per heavy atom. The van der Waals surface area contributed by atoms with Crippen LogP contribution in [0.2, 0.25) is 0 Å². The van der Waals surface area contributed by atoms with Crippen LogP contribution in [0.3, 0.4) is 0 Å². The lowest BCUT2D eigenvalue weighted by atomic mass is 9.95. The van der Waals surface area contributed by atoms with Crippen LogP contribution in [-0.2, 0) is 21.1 Å². The number of sulfone groups is 1. The van der Waals surface area contributed by atoms with E-state index in [1.165, 1.54) is 0 Å². The molecule has 0 aliphatic rings. The van der Waals surface area contributed by atoms with E-state index in [0.29, 0.717) is 19.3 Å². The Labute approximate surface area is 121 Å². The molecule has 19 heavy (non-hydrogen) atoms. The van der Waals surface area contributed by atoms with E-state index < -0.39 is 21.7 Å². The van der Waals surface area contributed by atoms with Crippen molar-refractivity contribution in [3.8, 4) is 0 Å². The van der Waals surface area contributed by atoms with Crippen LogP contribution in [-0.4, -0.2) is 31.5 Å². The zero-order valence-electron chi connectivity index (χ0n) is 10.7. The normalized spacial score (nSPS) is 13.2. The van der Waals surface area contributed by atoms with Gasteiger partial charge in [0.2, 0.25) is 0 Å². The van der Waals surface area contributed by atoms with Gasteiger partial charge in [0.25, 0.3) is 0 Å². The first kappa shape index (κ1) is 16.2. The highest BCUT2D eigenvalue weighted by Crippen LogP contribution is 2.17. The molecule has 6 heteroatoms. The number of carboxylic acids is 1. The summed E-state index contributed by atoms with van der Waals surface area (Å²) in [5.41, 5.74) is 0.940. The Kier molecular flexibility index (Phi) is 6.00. The number of hydrogen-bond acceptors (Lipinski definition) is 3. The predicted molar refractivity (Wildman–Crippen MR) is 77.9 cm³/mol. The van der Waals surface area contributed by atoms with Gasteiger partial charge in [0, 0.05) is 16.5 Å². The molecule has 0 radical (unpaired) electrons. The van der Waals surface area contributed by atoms with Crippen molar-refractivity contribution in [1.29, 1.82) is 0 Å². The van der Waals surface area contributed by atoms with Crippen LogP contribution >= 0.6 is 15.9 Å². The third kappa shape index (κ3) is 6.73. The number of aliphatic carboxylic acids is 1. The van der Waals surface area contributed by atoms with Crippen molar-refractivity contribution in [3.63, 3.8) is 0 Å². The molecule has 106 valence electrons. The summed E-state index contributed by atoms with van der Waals surface area (Å²) >= 11 is 3.32.